The van der Waals surface area contributed by atoms with Gasteiger partial charge in [-0.15, -0.1) is 12.4 Å². The van der Waals surface area contributed by atoms with Gasteiger partial charge in [0, 0.05) is 11.1 Å². The van der Waals surface area contributed by atoms with E-state index in [0.29, 0.717) is 18.0 Å². The number of amides is 1. The summed E-state index contributed by atoms with van der Waals surface area (Å²) in [6, 6.07) is 3.74. The molecule has 0 bridgehead atoms. The van der Waals surface area contributed by atoms with E-state index in [1.165, 1.54) is 0 Å². The standard InChI is InChI=1S/C13H17BrN2O2.ClH/c1-3-18-11-6-9(11)13(17)16-10-5-8(14)4-7(2)12(10)15;/h4-5,9,11H,3,6,15H2,1-2H3,(H,16,17);1H. The first-order chi connectivity index (χ1) is 8.52. The van der Waals surface area contributed by atoms with Crippen LogP contribution >= 0.6 is 28.3 Å². The van der Waals surface area contributed by atoms with Crippen molar-refractivity contribution in [2.45, 2.75) is 26.4 Å². The lowest BCUT2D eigenvalue weighted by Gasteiger charge is -2.11. The highest BCUT2D eigenvalue weighted by Gasteiger charge is 2.44. The minimum Gasteiger partial charge on any atom is -0.397 e. The summed E-state index contributed by atoms with van der Waals surface area (Å²) in [6.45, 7) is 4.49. The Hall–Kier alpha value is -0.780. The van der Waals surface area contributed by atoms with Crippen LogP contribution in [0.15, 0.2) is 16.6 Å². The highest BCUT2D eigenvalue weighted by atomic mass is 79.9. The number of nitrogens with one attached hydrogen (secondary N) is 1. The number of benzene rings is 1. The third-order valence-electron chi connectivity index (χ3n) is 3.06. The highest BCUT2D eigenvalue weighted by Crippen LogP contribution is 2.36. The molecule has 1 saturated carbocycles. The molecule has 1 aromatic carbocycles. The summed E-state index contributed by atoms with van der Waals surface area (Å²) in [5.41, 5.74) is 8.16. The molecule has 1 amide bonds. The molecular formula is C13H18BrClN2O2. The fourth-order valence-electron chi connectivity index (χ4n) is 1.93. The van der Waals surface area contributed by atoms with Gasteiger partial charge in [0.15, 0.2) is 0 Å². The Labute approximate surface area is 127 Å². The van der Waals surface area contributed by atoms with Gasteiger partial charge in [-0.2, -0.15) is 0 Å². The van der Waals surface area contributed by atoms with Crippen molar-refractivity contribution in [3.63, 3.8) is 0 Å². The number of carbonyl (C=O) groups excluding carboxylic acids is 1. The number of nitrogens with two attached hydrogens (primary N) is 1. The molecule has 1 aromatic rings. The molecule has 4 nitrogen and oxygen atoms in total. The number of anilines is 2. The van der Waals surface area contributed by atoms with Crippen LogP contribution in [-0.4, -0.2) is 18.6 Å². The van der Waals surface area contributed by atoms with Gasteiger partial charge in [0.25, 0.3) is 0 Å². The maximum atomic E-state index is 12.0. The largest absolute Gasteiger partial charge is 0.397 e. The van der Waals surface area contributed by atoms with Crippen molar-refractivity contribution in [2.24, 2.45) is 5.92 Å². The van der Waals surface area contributed by atoms with Crippen LogP contribution in [0.2, 0.25) is 0 Å². The van der Waals surface area contributed by atoms with Gasteiger partial charge in [-0.1, -0.05) is 15.9 Å². The Morgan fingerprint density at radius 2 is 2.26 bits per heavy atom. The number of aryl methyl sites for hydroxylation is 1. The van der Waals surface area contributed by atoms with Crippen molar-refractivity contribution in [1.29, 1.82) is 0 Å². The molecule has 0 heterocycles. The van der Waals surface area contributed by atoms with E-state index in [9.17, 15) is 4.79 Å². The number of hydrogen-bond acceptors (Lipinski definition) is 3. The molecule has 1 aliphatic rings. The van der Waals surface area contributed by atoms with Crippen LogP contribution in [0.5, 0.6) is 0 Å². The molecule has 0 aliphatic heterocycles. The second kappa shape index (κ2) is 6.59. The summed E-state index contributed by atoms with van der Waals surface area (Å²) in [5.74, 6) is -0.0544. The summed E-state index contributed by atoms with van der Waals surface area (Å²) in [7, 11) is 0. The number of hydrogen-bond donors (Lipinski definition) is 2. The quantitative estimate of drug-likeness (QED) is 0.821. The van der Waals surface area contributed by atoms with Gasteiger partial charge in [0.1, 0.15) is 0 Å². The average molecular weight is 350 g/mol. The molecule has 0 radical (unpaired) electrons. The number of carbonyl (C=O) groups is 1. The van der Waals surface area contributed by atoms with Crippen LogP contribution in [0.4, 0.5) is 11.4 Å². The minimum atomic E-state index is -0.0383. The summed E-state index contributed by atoms with van der Waals surface area (Å²) in [4.78, 5) is 12.0. The number of ether oxygens (including phenoxy) is 1. The second-order valence-corrected chi connectivity index (χ2v) is 5.42. The predicted molar refractivity (Wildman–Crippen MR) is 82.7 cm³/mol. The van der Waals surface area contributed by atoms with E-state index in [1.807, 2.05) is 26.0 Å². The van der Waals surface area contributed by atoms with E-state index in [2.05, 4.69) is 21.2 Å². The molecule has 2 atom stereocenters. The van der Waals surface area contributed by atoms with Crippen LogP contribution in [-0.2, 0) is 9.53 Å². The molecule has 0 saturated heterocycles. The monoisotopic (exact) mass is 348 g/mol. The van der Waals surface area contributed by atoms with Gasteiger partial charge in [-0.3, -0.25) is 4.79 Å². The van der Waals surface area contributed by atoms with Gasteiger partial charge in [0.2, 0.25) is 5.91 Å². The van der Waals surface area contributed by atoms with Crippen molar-refractivity contribution < 1.29 is 9.53 Å². The Morgan fingerprint density at radius 3 is 2.89 bits per heavy atom. The molecule has 3 N–H and O–H groups in total. The minimum absolute atomic E-state index is 0. The molecule has 1 aliphatic carbocycles. The molecule has 2 unspecified atom stereocenters. The first-order valence-electron chi connectivity index (χ1n) is 6.01. The maximum Gasteiger partial charge on any atom is 0.230 e. The third-order valence-corrected chi connectivity index (χ3v) is 3.52. The van der Waals surface area contributed by atoms with Crippen molar-refractivity contribution in [2.75, 3.05) is 17.7 Å². The van der Waals surface area contributed by atoms with Gasteiger partial charge >= 0.3 is 0 Å². The van der Waals surface area contributed by atoms with Gasteiger partial charge in [-0.05, 0) is 38.0 Å². The second-order valence-electron chi connectivity index (χ2n) is 4.51. The zero-order chi connectivity index (χ0) is 13.3. The molecular weight excluding hydrogens is 332 g/mol. The fourth-order valence-corrected chi connectivity index (χ4v) is 2.50. The Morgan fingerprint density at radius 1 is 1.58 bits per heavy atom. The smallest absolute Gasteiger partial charge is 0.230 e. The zero-order valence-electron chi connectivity index (χ0n) is 10.9. The van der Waals surface area contributed by atoms with Crippen LogP contribution in [0.3, 0.4) is 0 Å². The van der Waals surface area contributed by atoms with E-state index in [1.54, 1.807) is 0 Å². The fraction of sp³-hybridized carbons (Fsp3) is 0.462. The summed E-state index contributed by atoms with van der Waals surface area (Å²) in [6.07, 6.45) is 0.872. The van der Waals surface area contributed by atoms with E-state index >= 15 is 0 Å². The van der Waals surface area contributed by atoms with Crippen molar-refractivity contribution in [3.05, 3.63) is 22.2 Å². The molecule has 1 fully saturated rings. The lowest BCUT2D eigenvalue weighted by molar-refractivity contribution is -0.118. The SMILES string of the molecule is CCOC1CC1C(=O)Nc1cc(Br)cc(C)c1N.Cl. The van der Waals surface area contributed by atoms with Crippen LogP contribution in [0.25, 0.3) is 0 Å². The van der Waals surface area contributed by atoms with E-state index in [-0.39, 0.29) is 30.3 Å². The zero-order valence-corrected chi connectivity index (χ0v) is 13.3. The Kier molecular flexibility index (Phi) is 5.64. The van der Waals surface area contributed by atoms with Crippen LogP contribution in [0, 0.1) is 12.8 Å². The van der Waals surface area contributed by atoms with E-state index in [4.69, 9.17) is 10.5 Å². The third kappa shape index (κ3) is 3.84. The summed E-state index contributed by atoms with van der Waals surface area (Å²) < 4.78 is 6.30. The Balaban J connectivity index is 0.00000180. The van der Waals surface area contributed by atoms with Gasteiger partial charge in [0.05, 0.1) is 23.4 Å². The lowest BCUT2D eigenvalue weighted by Crippen LogP contribution is -2.18. The number of halogens is 2. The molecule has 2 rings (SSSR count). The van der Waals surface area contributed by atoms with E-state index < -0.39 is 0 Å². The van der Waals surface area contributed by atoms with Gasteiger partial charge < -0.3 is 15.8 Å². The predicted octanol–water partition coefficient (Wildman–Crippen LogP) is 3.13. The normalized spacial score (nSPS) is 20.6. The molecule has 19 heavy (non-hydrogen) atoms. The number of rotatable bonds is 4. The molecule has 106 valence electrons. The number of nitrogen functional groups attached to an aromatic ring is 1. The highest BCUT2D eigenvalue weighted by molar-refractivity contribution is 9.10. The van der Waals surface area contributed by atoms with Crippen molar-refractivity contribution in [1.82, 2.24) is 0 Å². The maximum absolute atomic E-state index is 12.0. The van der Waals surface area contributed by atoms with Gasteiger partial charge in [-0.25, -0.2) is 0 Å². The molecule has 0 aromatic heterocycles. The van der Waals surface area contributed by atoms with Crippen LogP contribution < -0.4 is 11.1 Å². The van der Waals surface area contributed by atoms with Crippen LogP contribution in [0.1, 0.15) is 18.9 Å². The summed E-state index contributed by atoms with van der Waals surface area (Å²) in [5, 5.41) is 2.87. The molecule has 0 spiro atoms. The lowest BCUT2D eigenvalue weighted by atomic mass is 10.1. The first kappa shape index (κ1) is 16.3. The van der Waals surface area contributed by atoms with Crippen molar-refractivity contribution in [3.8, 4) is 0 Å². The average Bonchev–Trinajstić information content (AvgIpc) is 3.05. The first-order valence-corrected chi connectivity index (χ1v) is 6.80. The summed E-state index contributed by atoms with van der Waals surface area (Å²) >= 11 is 3.39. The topological polar surface area (TPSA) is 64.3 Å². The Bertz CT molecular complexity index is 482. The van der Waals surface area contributed by atoms with Crippen molar-refractivity contribution >= 4 is 45.6 Å². The van der Waals surface area contributed by atoms with E-state index in [0.717, 1.165) is 16.5 Å². The molecule has 6 heteroatoms.